The van der Waals surface area contributed by atoms with Crippen LogP contribution in [0.4, 0.5) is 17.1 Å². The van der Waals surface area contributed by atoms with Crippen molar-refractivity contribution < 1.29 is 37.3 Å². The first-order valence-corrected chi connectivity index (χ1v) is 31.1. The Morgan fingerprint density at radius 3 is 2.47 bits per heavy atom. The van der Waals surface area contributed by atoms with E-state index in [9.17, 15) is 37.7 Å². The molecule has 4 N–H and O–H groups in total. The van der Waals surface area contributed by atoms with Crippen LogP contribution in [-0.2, 0) is 32.6 Å². The number of carbonyl (C=O) groups is 4. The van der Waals surface area contributed by atoms with Gasteiger partial charge in [0, 0.05) is 112 Å². The van der Waals surface area contributed by atoms with E-state index in [0.29, 0.717) is 49.6 Å². The normalized spacial score (nSPS) is 18.9. The molecule has 5 aliphatic rings. The van der Waals surface area contributed by atoms with Crippen LogP contribution in [0.1, 0.15) is 96.2 Å². The van der Waals surface area contributed by atoms with Crippen LogP contribution in [0.3, 0.4) is 0 Å². The van der Waals surface area contributed by atoms with Crippen LogP contribution in [0.15, 0.2) is 114 Å². The number of likely N-dealkylation sites (tertiary alicyclic amines) is 1. The Balaban J connectivity index is 0.685. The SMILES string of the molecule is CN(CCc1cccc2c1CN(C1CCC(=O)NC1=O)C2=O)CCN1CCC(CNc2ccc(S(=O)(=O)NC(=O)c3ccc(N4CCN(CC5=C(c6ccc(Cl)cc6)CC(C)(C)CC5)CC4)cc3Oc3cnc4[nH]ccc4c3)cc2[N+](=O)[O-])CC1. The summed E-state index contributed by atoms with van der Waals surface area (Å²) >= 11 is 6.27. The highest BCUT2D eigenvalue weighted by molar-refractivity contribution is 7.90. The fourth-order valence-electron chi connectivity index (χ4n) is 12.5. The maximum atomic E-state index is 14.2. The summed E-state index contributed by atoms with van der Waals surface area (Å²) in [5.41, 5.74) is 8.04. The molecule has 20 nitrogen and oxygen atoms in total. The van der Waals surface area contributed by atoms with Gasteiger partial charge in [-0.15, -0.1) is 0 Å². The zero-order valence-electron chi connectivity index (χ0n) is 48.2. The number of nitrogens with zero attached hydrogens (tertiary/aromatic N) is 7. The highest BCUT2D eigenvalue weighted by Crippen LogP contribution is 2.44. The third-order valence-electron chi connectivity index (χ3n) is 17.6. The van der Waals surface area contributed by atoms with Crippen molar-refractivity contribution in [1.82, 2.24) is 39.6 Å². The minimum Gasteiger partial charge on any atom is -0.455 e. The number of anilines is 2. The van der Waals surface area contributed by atoms with Gasteiger partial charge in [0.2, 0.25) is 11.8 Å². The van der Waals surface area contributed by atoms with E-state index >= 15 is 0 Å². The molecule has 3 saturated heterocycles. The standard InChI is InChI=1S/C63H72ClN11O9S/c1-63(2)22-17-45(52(36-63)43-7-9-46(64)10-8-43)39-72-29-31-73(32-30-72)47-11-13-51(57(34-47)84-48-33-44-18-23-65-59(44)67-38-48)60(77)69-85(82,83)49-12-14-54(56(35-49)75(80)81)66-37-41-19-25-71(26-20-41)28-27-70(3)24-21-42-5-4-6-50-53(42)40-74(62(50)79)55-15-16-58(76)68-61(55)78/h4-14,18,23,33-35,38,41,55,66H,15-17,19-22,24-32,36-37,39-40H2,1-3H3,(H,65,67)(H,69,77)(H,68,76,78). The second-order valence-electron chi connectivity index (χ2n) is 24.0. The van der Waals surface area contributed by atoms with Crippen molar-refractivity contribution in [2.75, 3.05) is 89.3 Å². The van der Waals surface area contributed by atoms with E-state index in [1.54, 1.807) is 41.4 Å². The molecule has 0 saturated carbocycles. The van der Waals surface area contributed by atoms with E-state index < -0.39 is 43.4 Å². The van der Waals surface area contributed by atoms with E-state index in [1.807, 2.05) is 30.3 Å². The number of sulfonamides is 1. The van der Waals surface area contributed by atoms with Crippen molar-refractivity contribution >= 4 is 78.9 Å². The highest BCUT2D eigenvalue weighted by atomic mass is 35.5. The Kier molecular flexibility index (Phi) is 17.4. The van der Waals surface area contributed by atoms with Crippen molar-refractivity contribution in [3.05, 3.63) is 152 Å². The Morgan fingerprint density at radius 1 is 0.918 bits per heavy atom. The number of amides is 4. The lowest BCUT2D eigenvalue weighted by atomic mass is 9.72. The van der Waals surface area contributed by atoms with Crippen LogP contribution in [-0.4, -0.2) is 152 Å². The largest absolute Gasteiger partial charge is 0.455 e. The maximum absolute atomic E-state index is 14.2. The molecule has 1 aliphatic carbocycles. The molecule has 0 radical (unpaired) electrons. The lowest BCUT2D eigenvalue weighted by Crippen LogP contribution is -2.52. The van der Waals surface area contributed by atoms with Gasteiger partial charge in [-0.3, -0.25) is 39.5 Å². The fraction of sp³-hybridized carbons (Fsp3) is 0.413. The second-order valence-corrected chi connectivity index (χ2v) is 26.1. The quantitative estimate of drug-likeness (QED) is 0.0317. The molecule has 4 aliphatic heterocycles. The first-order valence-electron chi connectivity index (χ1n) is 29.3. The summed E-state index contributed by atoms with van der Waals surface area (Å²) in [6.07, 6.45) is 9.43. The predicted octanol–water partition coefficient (Wildman–Crippen LogP) is 8.88. The Labute approximate surface area is 500 Å². The second kappa shape index (κ2) is 25.1. The van der Waals surface area contributed by atoms with Crippen molar-refractivity contribution in [2.45, 2.75) is 82.7 Å². The number of ether oxygens (including phenoxy) is 1. The molecule has 4 amide bonds. The first kappa shape index (κ1) is 59.1. The fourth-order valence-corrected chi connectivity index (χ4v) is 13.6. The van der Waals surface area contributed by atoms with E-state index in [2.05, 4.69) is 78.0 Å². The number of H-pyrrole nitrogens is 1. The number of nitro benzene ring substituents is 1. The van der Waals surface area contributed by atoms with Crippen LogP contribution in [0.2, 0.25) is 5.02 Å². The van der Waals surface area contributed by atoms with Gasteiger partial charge in [0.1, 0.15) is 28.9 Å². The molecule has 1 atom stereocenters. The van der Waals surface area contributed by atoms with Gasteiger partial charge < -0.3 is 34.6 Å². The Bertz CT molecular complexity index is 3690. The molecule has 0 spiro atoms. The maximum Gasteiger partial charge on any atom is 0.293 e. The Hall–Kier alpha value is -7.69. The number of rotatable bonds is 20. The number of pyridine rings is 1. The summed E-state index contributed by atoms with van der Waals surface area (Å²) in [4.78, 5) is 81.7. The number of likely N-dealkylation sites (N-methyl/N-ethyl adjacent to an activating group) is 1. The number of nitrogens with one attached hydrogen (secondary N) is 4. The predicted molar refractivity (Wildman–Crippen MR) is 326 cm³/mol. The lowest BCUT2D eigenvalue weighted by Gasteiger charge is -2.39. The van der Waals surface area contributed by atoms with Crippen molar-refractivity contribution in [3.8, 4) is 11.5 Å². The summed E-state index contributed by atoms with van der Waals surface area (Å²) in [6, 6.07) is 25.5. The summed E-state index contributed by atoms with van der Waals surface area (Å²) in [5, 5.41) is 19.6. The highest BCUT2D eigenvalue weighted by Gasteiger charge is 2.40. The molecule has 22 heteroatoms. The van der Waals surface area contributed by atoms with Crippen molar-refractivity contribution in [2.24, 2.45) is 11.3 Å². The van der Waals surface area contributed by atoms with Crippen LogP contribution < -0.4 is 25.0 Å². The summed E-state index contributed by atoms with van der Waals surface area (Å²) in [6.45, 7) is 13.5. The van der Waals surface area contributed by atoms with E-state index in [4.69, 9.17) is 16.3 Å². The van der Waals surface area contributed by atoms with Gasteiger partial charge in [-0.05, 0) is 153 Å². The molecule has 2 aromatic heterocycles. The monoisotopic (exact) mass is 1190 g/mol. The third-order valence-corrected chi connectivity index (χ3v) is 19.2. The van der Waals surface area contributed by atoms with E-state index in [-0.39, 0.29) is 46.6 Å². The van der Waals surface area contributed by atoms with Crippen LogP contribution >= 0.6 is 11.6 Å². The van der Waals surface area contributed by atoms with Crippen LogP contribution in [0.5, 0.6) is 11.5 Å². The number of benzene rings is 4. The molecular weight excluding hydrogens is 1120 g/mol. The number of piperazine rings is 1. The summed E-state index contributed by atoms with van der Waals surface area (Å²) < 4.78 is 36.5. The number of hydrogen-bond donors (Lipinski definition) is 4. The molecule has 85 heavy (non-hydrogen) atoms. The Morgan fingerprint density at radius 2 is 1.71 bits per heavy atom. The molecule has 3 fully saturated rings. The number of halogens is 1. The van der Waals surface area contributed by atoms with Gasteiger partial charge >= 0.3 is 0 Å². The van der Waals surface area contributed by atoms with Gasteiger partial charge in [-0.25, -0.2) is 18.1 Å². The van der Waals surface area contributed by atoms with E-state index in [1.165, 1.54) is 35.0 Å². The van der Waals surface area contributed by atoms with Gasteiger partial charge in [-0.2, -0.15) is 0 Å². The number of hydrogen-bond acceptors (Lipinski definition) is 15. The molecule has 4 aromatic carbocycles. The van der Waals surface area contributed by atoms with Crippen LogP contribution in [0, 0.1) is 21.4 Å². The van der Waals surface area contributed by atoms with E-state index in [0.717, 1.165) is 124 Å². The molecular formula is C63H72ClN11O9S. The minimum atomic E-state index is -4.63. The molecule has 446 valence electrons. The molecule has 6 aromatic rings. The minimum absolute atomic E-state index is 0.0545. The average molecular weight is 1190 g/mol. The third kappa shape index (κ3) is 13.7. The van der Waals surface area contributed by atoms with Gasteiger partial charge in [-0.1, -0.05) is 55.3 Å². The van der Waals surface area contributed by atoms with Crippen molar-refractivity contribution in [3.63, 3.8) is 0 Å². The zero-order chi connectivity index (χ0) is 59.6. The summed E-state index contributed by atoms with van der Waals surface area (Å²) in [5.74, 6) is -1.22. The van der Waals surface area contributed by atoms with Crippen LogP contribution in [0.25, 0.3) is 16.6 Å². The molecule has 11 rings (SSSR count). The average Bonchev–Trinajstić information content (AvgIpc) is 3.97. The number of fused-ring (bicyclic) bond motifs is 2. The van der Waals surface area contributed by atoms with Gasteiger partial charge in [0.05, 0.1) is 21.6 Å². The number of imide groups is 1. The zero-order valence-corrected chi connectivity index (χ0v) is 49.8. The number of allylic oxidation sites excluding steroid dienone is 1. The lowest BCUT2D eigenvalue weighted by molar-refractivity contribution is -0.384. The number of carbonyl (C=O) groups excluding carboxylic acids is 4. The number of nitro groups is 1. The van der Waals surface area contributed by atoms with Gasteiger partial charge in [0.15, 0.2) is 0 Å². The van der Waals surface area contributed by atoms with Gasteiger partial charge in [0.25, 0.3) is 27.5 Å². The number of aromatic nitrogens is 2. The number of aromatic amines is 1. The first-order chi connectivity index (χ1) is 40.8. The molecule has 6 heterocycles. The number of piperidine rings is 2. The van der Waals surface area contributed by atoms with Crippen molar-refractivity contribution in [1.29, 1.82) is 0 Å². The molecule has 0 bridgehead atoms. The molecule has 1 unspecified atom stereocenters. The topological polar surface area (TPSA) is 236 Å². The smallest absolute Gasteiger partial charge is 0.293 e. The summed E-state index contributed by atoms with van der Waals surface area (Å²) in [7, 11) is -2.55.